The van der Waals surface area contributed by atoms with Crippen molar-refractivity contribution in [1.82, 2.24) is 4.90 Å². The standard InChI is InChI=1S/C18H29N3O10S3/c1-19-8-6-16(7-9-19)34(28,29)18-14-15(21(22)23)4-5-17(18)20(10-12-30-32(2,24)25)11-13-31-33(3,26)27/h4-5,14,16H,6-13H2,1-3H3. The van der Waals surface area contributed by atoms with Gasteiger partial charge in [-0.15, -0.1) is 0 Å². The molecule has 0 aliphatic carbocycles. The van der Waals surface area contributed by atoms with Crippen LogP contribution in [0.25, 0.3) is 0 Å². The molecule has 16 heteroatoms. The summed E-state index contributed by atoms with van der Waals surface area (Å²) in [5.74, 6) is 0. The van der Waals surface area contributed by atoms with Gasteiger partial charge < -0.3 is 9.80 Å². The van der Waals surface area contributed by atoms with E-state index < -0.39 is 45.9 Å². The molecule has 1 aliphatic heterocycles. The maximum atomic E-state index is 13.5. The first kappa shape index (κ1) is 28.4. The van der Waals surface area contributed by atoms with E-state index in [0.29, 0.717) is 25.9 Å². The Bertz CT molecular complexity index is 1150. The number of sulfone groups is 1. The number of nitro benzene ring substituents is 1. The number of likely N-dealkylation sites (tertiary alicyclic amines) is 1. The van der Waals surface area contributed by atoms with Crippen LogP contribution in [0.2, 0.25) is 0 Å². The number of nitrogens with zero attached hydrogens (tertiary/aromatic N) is 3. The van der Waals surface area contributed by atoms with Gasteiger partial charge in [-0.05, 0) is 39.0 Å². The Labute approximate surface area is 199 Å². The van der Waals surface area contributed by atoms with E-state index >= 15 is 0 Å². The maximum Gasteiger partial charge on any atom is 0.270 e. The lowest BCUT2D eigenvalue weighted by atomic mass is 10.1. The second-order valence-electron chi connectivity index (χ2n) is 8.00. The molecule has 0 saturated carbocycles. The first-order chi connectivity index (χ1) is 15.6. The fourth-order valence-electron chi connectivity index (χ4n) is 3.53. The molecule has 194 valence electrons. The third-order valence-corrected chi connectivity index (χ3v) is 8.70. The quantitative estimate of drug-likeness (QED) is 0.200. The van der Waals surface area contributed by atoms with Crippen molar-refractivity contribution >= 4 is 41.4 Å². The van der Waals surface area contributed by atoms with E-state index in [0.717, 1.165) is 24.6 Å². The Morgan fingerprint density at radius 1 is 1.00 bits per heavy atom. The van der Waals surface area contributed by atoms with Gasteiger partial charge in [-0.3, -0.25) is 18.5 Å². The largest absolute Gasteiger partial charge is 0.366 e. The third-order valence-electron chi connectivity index (χ3n) is 5.22. The number of benzene rings is 1. The van der Waals surface area contributed by atoms with Gasteiger partial charge >= 0.3 is 0 Å². The second kappa shape index (κ2) is 11.3. The molecule has 0 spiro atoms. The fourth-order valence-corrected chi connectivity index (χ4v) is 6.25. The van der Waals surface area contributed by atoms with Gasteiger partial charge in [0.15, 0.2) is 9.84 Å². The monoisotopic (exact) mass is 543 g/mol. The third kappa shape index (κ3) is 8.42. The zero-order chi connectivity index (χ0) is 25.7. The van der Waals surface area contributed by atoms with Gasteiger partial charge in [0.25, 0.3) is 25.9 Å². The zero-order valence-electron chi connectivity index (χ0n) is 19.1. The summed E-state index contributed by atoms with van der Waals surface area (Å²) in [6, 6.07) is 3.36. The van der Waals surface area contributed by atoms with Crippen molar-refractivity contribution in [3.05, 3.63) is 28.3 Å². The van der Waals surface area contributed by atoms with Gasteiger partial charge in [0, 0.05) is 25.2 Å². The second-order valence-corrected chi connectivity index (χ2v) is 13.5. The molecule has 1 saturated heterocycles. The molecule has 0 amide bonds. The topological polar surface area (TPSA) is 170 Å². The molecule has 0 unspecified atom stereocenters. The molecule has 34 heavy (non-hydrogen) atoms. The molecule has 1 aliphatic rings. The van der Waals surface area contributed by atoms with Crippen molar-refractivity contribution in [2.75, 3.05) is 63.9 Å². The molecule has 0 atom stereocenters. The normalized spacial score (nSPS) is 16.4. The van der Waals surface area contributed by atoms with Gasteiger partial charge in [-0.1, -0.05) is 0 Å². The molecular weight excluding hydrogens is 514 g/mol. The molecule has 1 fully saturated rings. The SMILES string of the molecule is CN1CCC(S(=O)(=O)c2cc([N+](=O)[O-])ccc2N(CCOS(C)(=O)=O)CCOS(C)(=O)=O)CC1. The molecule has 0 N–H and O–H groups in total. The van der Waals surface area contributed by atoms with Crippen LogP contribution in [0.4, 0.5) is 11.4 Å². The van der Waals surface area contributed by atoms with Crippen molar-refractivity contribution in [2.45, 2.75) is 23.0 Å². The lowest BCUT2D eigenvalue weighted by molar-refractivity contribution is -0.385. The summed E-state index contributed by atoms with van der Waals surface area (Å²) < 4.78 is 82.0. The summed E-state index contributed by atoms with van der Waals surface area (Å²) in [5.41, 5.74) is -0.353. The summed E-state index contributed by atoms with van der Waals surface area (Å²) in [7, 11) is -9.73. The summed E-state index contributed by atoms with van der Waals surface area (Å²) in [4.78, 5) is 13.7. The Kier molecular flexibility index (Phi) is 9.40. The van der Waals surface area contributed by atoms with Crippen LogP contribution in [0.5, 0.6) is 0 Å². The lowest BCUT2D eigenvalue weighted by Gasteiger charge is -2.31. The van der Waals surface area contributed by atoms with E-state index in [1.807, 2.05) is 11.9 Å². The Morgan fingerprint density at radius 2 is 1.50 bits per heavy atom. The van der Waals surface area contributed by atoms with E-state index in [2.05, 4.69) is 0 Å². The van der Waals surface area contributed by atoms with Crippen LogP contribution in [0.1, 0.15) is 12.8 Å². The highest BCUT2D eigenvalue weighted by Crippen LogP contribution is 2.34. The first-order valence-electron chi connectivity index (χ1n) is 10.2. The molecule has 1 heterocycles. The zero-order valence-corrected chi connectivity index (χ0v) is 21.6. The van der Waals surface area contributed by atoms with Gasteiger partial charge in [0.1, 0.15) is 0 Å². The van der Waals surface area contributed by atoms with Crippen LogP contribution in [-0.2, 0) is 38.4 Å². The smallest absolute Gasteiger partial charge is 0.270 e. The molecule has 1 aromatic carbocycles. The van der Waals surface area contributed by atoms with Crippen LogP contribution in [0, 0.1) is 10.1 Å². The van der Waals surface area contributed by atoms with E-state index in [1.165, 1.54) is 11.0 Å². The van der Waals surface area contributed by atoms with Crippen LogP contribution in [0.15, 0.2) is 23.1 Å². The number of hydrogen-bond acceptors (Lipinski definition) is 12. The lowest BCUT2D eigenvalue weighted by Crippen LogP contribution is -2.38. The number of hydrogen-bond donors (Lipinski definition) is 0. The number of piperidine rings is 1. The maximum absolute atomic E-state index is 13.5. The predicted octanol–water partition coefficient (Wildman–Crippen LogP) is 0.222. The van der Waals surface area contributed by atoms with Gasteiger partial charge in [0.2, 0.25) is 0 Å². The average Bonchev–Trinajstić information content (AvgIpc) is 2.71. The minimum absolute atomic E-state index is 0.0683. The fraction of sp³-hybridized carbons (Fsp3) is 0.667. The summed E-state index contributed by atoms with van der Waals surface area (Å²) in [5, 5.41) is 10.6. The van der Waals surface area contributed by atoms with Crippen molar-refractivity contribution in [1.29, 1.82) is 0 Å². The van der Waals surface area contributed by atoms with Gasteiger partial charge in [-0.2, -0.15) is 16.8 Å². The summed E-state index contributed by atoms with van der Waals surface area (Å²) in [6.07, 6.45) is 2.39. The number of rotatable bonds is 12. The number of anilines is 1. The number of nitro groups is 1. The number of non-ortho nitro benzene ring substituents is 1. The van der Waals surface area contributed by atoms with Crippen molar-refractivity contribution in [3.8, 4) is 0 Å². The van der Waals surface area contributed by atoms with E-state index in [4.69, 9.17) is 8.37 Å². The van der Waals surface area contributed by atoms with Crippen LogP contribution < -0.4 is 4.90 Å². The van der Waals surface area contributed by atoms with Crippen molar-refractivity contribution < 1.29 is 38.5 Å². The highest BCUT2D eigenvalue weighted by atomic mass is 32.2. The van der Waals surface area contributed by atoms with E-state index in [-0.39, 0.29) is 36.9 Å². The first-order valence-corrected chi connectivity index (χ1v) is 15.4. The molecule has 0 radical (unpaired) electrons. The minimum atomic E-state index is -4.01. The molecule has 0 bridgehead atoms. The molecular formula is C18H29N3O10S3. The highest BCUT2D eigenvalue weighted by molar-refractivity contribution is 7.92. The van der Waals surface area contributed by atoms with Gasteiger partial charge in [-0.25, -0.2) is 8.42 Å². The van der Waals surface area contributed by atoms with Crippen LogP contribution >= 0.6 is 0 Å². The Morgan fingerprint density at radius 3 is 1.94 bits per heavy atom. The molecule has 13 nitrogen and oxygen atoms in total. The highest BCUT2D eigenvalue weighted by Gasteiger charge is 2.34. The van der Waals surface area contributed by atoms with E-state index in [9.17, 15) is 35.4 Å². The van der Waals surface area contributed by atoms with Crippen LogP contribution in [-0.4, -0.2) is 99.3 Å². The molecule has 0 aromatic heterocycles. The summed E-state index contributed by atoms with van der Waals surface area (Å²) >= 11 is 0. The Hall–Kier alpha value is -1.85. The van der Waals surface area contributed by atoms with Crippen molar-refractivity contribution in [2.24, 2.45) is 0 Å². The molecule has 2 rings (SSSR count). The van der Waals surface area contributed by atoms with Crippen molar-refractivity contribution in [3.63, 3.8) is 0 Å². The van der Waals surface area contributed by atoms with E-state index in [1.54, 1.807) is 0 Å². The van der Waals surface area contributed by atoms with Crippen LogP contribution in [0.3, 0.4) is 0 Å². The summed E-state index contributed by atoms with van der Waals surface area (Å²) in [6.45, 7) is 0.0806. The average molecular weight is 544 g/mol. The predicted molar refractivity (Wildman–Crippen MR) is 125 cm³/mol. The molecule has 1 aromatic rings. The Balaban J connectivity index is 2.48. The van der Waals surface area contributed by atoms with Gasteiger partial charge in [0.05, 0.1) is 46.5 Å². The minimum Gasteiger partial charge on any atom is -0.366 e.